The van der Waals surface area contributed by atoms with Gasteiger partial charge in [0.05, 0.1) is 13.2 Å². The molecule has 0 aliphatic carbocycles. The van der Waals surface area contributed by atoms with E-state index in [9.17, 15) is 0 Å². The van der Waals surface area contributed by atoms with Crippen LogP contribution in [0.2, 0.25) is 0 Å². The first-order valence-electron chi connectivity index (χ1n) is 8.44. The molecule has 0 atom stereocenters. The molecule has 0 radical (unpaired) electrons. The number of hydrogen-bond acceptors (Lipinski definition) is 3. The fourth-order valence-electron chi connectivity index (χ4n) is 3.12. The fourth-order valence-corrected chi connectivity index (χ4v) is 4.31. The van der Waals surface area contributed by atoms with Crippen molar-refractivity contribution >= 4 is 11.3 Å². The molecule has 0 unspecified atom stereocenters. The third-order valence-electron chi connectivity index (χ3n) is 4.40. The first-order valence-corrected chi connectivity index (χ1v) is 9.25. The Kier molecular flexibility index (Phi) is 4.74. The third-order valence-corrected chi connectivity index (χ3v) is 5.68. The zero-order chi connectivity index (χ0) is 16.2. The average molecular weight is 335 g/mol. The molecule has 3 heteroatoms. The fraction of sp³-hybridized carbons (Fsp3) is 0.238. The van der Waals surface area contributed by atoms with Crippen LogP contribution in [-0.4, -0.2) is 31.2 Å². The highest BCUT2D eigenvalue weighted by molar-refractivity contribution is 7.19. The Morgan fingerprint density at radius 2 is 1.46 bits per heavy atom. The molecule has 3 aromatic rings. The smallest absolute Gasteiger partial charge is 0.0594 e. The second kappa shape index (κ2) is 7.31. The van der Waals surface area contributed by atoms with Crippen LogP contribution in [0.1, 0.15) is 5.56 Å². The van der Waals surface area contributed by atoms with Crippen molar-refractivity contribution < 1.29 is 4.74 Å². The molecule has 2 aromatic carbocycles. The minimum Gasteiger partial charge on any atom is -0.379 e. The van der Waals surface area contributed by atoms with Gasteiger partial charge in [-0.1, -0.05) is 60.7 Å². The number of rotatable bonds is 4. The van der Waals surface area contributed by atoms with Gasteiger partial charge in [-0.15, -0.1) is 11.3 Å². The Labute approximate surface area is 147 Å². The largest absolute Gasteiger partial charge is 0.379 e. The molecule has 4 rings (SSSR count). The van der Waals surface area contributed by atoms with Crippen molar-refractivity contribution in [3.05, 3.63) is 72.3 Å². The molecule has 1 aromatic heterocycles. The third kappa shape index (κ3) is 3.44. The maximum atomic E-state index is 5.49. The van der Waals surface area contributed by atoms with E-state index in [1.54, 1.807) is 0 Å². The van der Waals surface area contributed by atoms with Gasteiger partial charge in [0.25, 0.3) is 0 Å². The lowest BCUT2D eigenvalue weighted by Gasteiger charge is -2.26. The molecular formula is C21H21NOS. The van der Waals surface area contributed by atoms with Crippen molar-refractivity contribution in [3.63, 3.8) is 0 Å². The number of benzene rings is 2. The van der Waals surface area contributed by atoms with Crippen LogP contribution in [0.25, 0.3) is 20.9 Å². The summed E-state index contributed by atoms with van der Waals surface area (Å²) in [5.41, 5.74) is 4.04. The standard InChI is InChI=1S/C21H21NOS/c1-3-7-17(8-4-1)20-15-19(16-22-11-13-23-14-12-22)21(24-20)18-9-5-2-6-10-18/h1-10,15H,11-14,16H2. The van der Waals surface area contributed by atoms with Crippen molar-refractivity contribution in [2.24, 2.45) is 0 Å². The summed E-state index contributed by atoms with van der Waals surface area (Å²) in [5, 5.41) is 0. The molecule has 0 saturated carbocycles. The highest BCUT2D eigenvalue weighted by Gasteiger charge is 2.17. The van der Waals surface area contributed by atoms with Gasteiger partial charge in [-0.3, -0.25) is 4.90 Å². The molecule has 122 valence electrons. The first-order chi connectivity index (χ1) is 11.9. The van der Waals surface area contributed by atoms with E-state index in [2.05, 4.69) is 71.6 Å². The second-order valence-corrected chi connectivity index (χ2v) is 7.14. The molecule has 0 N–H and O–H groups in total. The number of ether oxygens (including phenoxy) is 1. The lowest BCUT2D eigenvalue weighted by atomic mass is 10.1. The summed E-state index contributed by atoms with van der Waals surface area (Å²) >= 11 is 1.90. The molecule has 2 nitrogen and oxygen atoms in total. The molecule has 1 saturated heterocycles. The van der Waals surface area contributed by atoms with Crippen LogP contribution in [0, 0.1) is 0 Å². The van der Waals surface area contributed by atoms with Gasteiger partial charge in [-0.2, -0.15) is 0 Å². The molecular weight excluding hydrogens is 314 g/mol. The van der Waals surface area contributed by atoms with Gasteiger partial charge in [-0.25, -0.2) is 0 Å². The van der Waals surface area contributed by atoms with Gasteiger partial charge in [0, 0.05) is 29.4 Å². The van der Waals surface area contributed by atoms with Crippen molar-refractivity contribution in [1.82, 2.24) is 4.90 Å². The van der Waals surface area contributed by atoms with Gasteiger partial charge in [0.2, 0.25) is 0 Å². The first kappa shape index (κ1) is 15.6. The van der Waals surface area contributed by atoms with E-state index in [1.807, 2.05) is 11.3 Å². The molecule has 2 heterocycles. The summed E-state index contributed by atoms with van der Waals surface area (Å²) in [6.45, 7) is 4.72. The Morgan fingerprint density at radius 3 is 2.12 bits per heavy atom. The van der Waals surface area contributed by atoms with Crippen LogP contribution in [0.5, 0.6) is 0 Å². The van der Waals surface area contributed by atoms with E-state index >= 15 is 0 Å². The minimum absolute atomic E-state index is 0.844. The lowest BCUT2D eigenvalue weighted by molar-refractivity contribution is 0.0343. The van der Waals surface area contributed by atoms with E-state index in [1.165, 1.54) is 26.4 Å². The number of hydrogen-bond donors (Lipinski definition) is 0. The highest BCUT2D eigenvalue weighted by atomic mass is 32.1. The number of nitrogens with zero attached hydrogens (tertiary/aromatic N) is 1. The highest BCUT2D eigenvalue weighted by Crippen LogP contribution is 2.38. The Bertz CT molecular complexity index is 776. The van der Waals surface area contributed by atoms with Crippen LogP contribution in [0.3, 0.4) is 0 Å². The summed E-state index contributed by atoms with van der Waals surface area (Å²) in [5.74, 6) is 0. The van der Waals surface area contributed by atoms with Crippen LogP contribution < -0.4 is 0 Å². The minimum atomic E-state index is 0.844. The normalized spacial score (nSPS) is 15.5. The molecule has 1 aliphatic rings. The zero-order valence-corrected chi connectivity index (χ0v) is 14.5. The Balaban J connectivity index is 1.71. The van der Waals surface area contributed by atoms with Crippen molar-refractivity contribution in [1.29, 1.82) is 0 Å². The molecule has 0 spiro atoms. The van der Waals surface area contributed by atoms with Gasteiger partial charge in [0.15, 0.2) is 0 Å². The van der Waals surface area contributed by atoms with E-state index in [4.69, 9.17) is 4.74 Å². The van der Waals surface area contributed by atoms with Gasteiger partial charge < -0.3 is 4.74 Å². The SMILES string of the molecule is c1ccc(-c2cc(CN3CCOCC3)c(-c3ccccc3)s2)cc1. The molecule has 24 heavy (non-hydrogen) atoms. The van der Waals surface area contributed by atoms with E-state index < -0.39 is 0 Å². The molecule has 0 amide bonds. The van der Waals surface area contributed by atoms with E-state index in [0.717, 1.165) is 32.8 Å². The van der Waals surface area contributed by atoms with Gasteiger partial charge in [-0.05, 0) is 22.8 Å². The summed E-state index contributed by atoms with van der Waals surface area (Å²) in [6, 6.07) is 23.8. The predicted octanol–water partition coefficient (Wildman–Crippen LogP) is 4.91. The topological polar surface area (TPSA) is 12.5 Å². The predicted molar refractivity (Wildman–Crippen MR) is 101 cm³/mol. The van der Waals surface area contributed by atoms with Crippen LogP contribution >= 0.6 is 11.3 Å². The monoisotopic (exact) mass is 335 g/mol. The average Bonchev–Trinajstić information content (AvgIpc) is 3.08. The number of morpholine rings is 1. The lowest BCUT2D eigenvalue weighted by Crippen LogP contribution is -2.35. The summed E-state index contributed by atoms with van der Waals surface area (Å²) < 4.78 is 5.49. The Hall–Kier alpha value is -1.94. The molecule has 0 bridgehead atoms. The summed E-state index contributed by atoms with van der Waals surface area (Å²) in [7, 11) is 0. The van der Waals surface area contributed by atoms with Gasteiger partial charge >= 0.3 is 0 Å². The van der Waals surface area contributed by atoms with Crippen LogP contribution in [-0.2, 0) is 11.3 Å². The van der Waals surface area contributed by atoms with E-state index in [0.29, 0.717) is 0 Å². The van der Waals surface area contributed by atoms with Crippen LogP contribution in [0.15, 0.2) is 66.7 Å². The van der Waals surface area contributed by atoms with Crippen molar-refractivity contribution in [2.45, 2.75) is 6.54 Å². The van der Waals surface area contributed by atoms with Crippen molar-refractivity contribution in [2.75, 3.05) is 26.3 Å². The van der Waals surface area contributed by atoms with E-state index in [-0.39, 0.29) is 0 Å². The van der Waals surface area contributed by atoms with Crippen LogP contribution in [0.4, 0.5) is 0 Å². The second-order valence-electron chi connectivity index (χ2n) is 6.09. The zero-order valence-electron chi connectivity index (χ0n) is 13.7. The number of thiophene rings is 1. The summed E-state index contributed by atoms with van der Waals surface area (Å²) in [4.78, 5) is 5.23. The molecule has 1 aliphatic heterocycles. The van der Waals surface area contributed by atoms with Gasteiger partial charge in [0.1, 0.15) is 0 Å². The Morgan fingerprint density at radius 1 is 0.833 bits per heavy atom. The maximum Gasteiger partial charge on any atom is 0.0594 e. The quantitative estimate of drug-likeness (QED) is 0.671. The van der Waals surface area contributed by atoms with Crippen molar-refractivity contribution in [3.8, 4) is 20.9 Å². The maximum absolute atomic E-state index is 5.49. The molecule has 1 fully saturated rings. The summed E-state index contributed by atoms with van der Waals surface area (Å²) in [6.07, 6.45) is 0.